The van der Waals surface area contributed by atoms with Crippen molar-refractivity contribution < 1.29 is 0 Å². The highest BCUT2D eigenvalue weighted by molar-refractivity contribution is 5.79. The van der Waals surface area contributed by atoms with Crippen LogP contribution in [-0.4, -0.2) is 14.5 Å². The van der Waals surface area contributed by atoms with Gasteiger partial charge in [-0.1, -0.05) is 12.1 Å². The molecule has 0 unspecified atom stereocenters. The van der Waals surface area contributed by atoms with Gasteiger partial charge < -0.3 is 5.73 Å². The van der Waals surface area contributed by atoms with Crippen molar-refractivity contribution in [2.24, 2.45) is 0 Å². The van der Waals surface area contributed by atoms with Crippen molar-refractivity contribution in [3.63, 3.8) is 0 Å². The van der Waals surface area contributed by atoms with Crippen LogP contribution in [0.25, 0.3) is 16.7 Å². The number of rotatable bonds is 1. The minimum Gasteiger partial charge on any atom is -0.396 e. The van der Waals surface area contributed by atoms with E-state index in [2.05, 4.69) is 9.97 Å². The predicted molar refractivity (Wildman–Crippen MR) is 68.0 cm³/mol. The Morgan fingerprint density at radius 1 is 1.18 bits per heavy atom. The molecule has 0 aliphatic carbocycles. The summed E-state index contributed by atoms with van der Waals surface area (Å²) in [5, 5.41) is 0. The van der Waals surface area contributed by atoms with E-state index in [0.717, 1.165) is 22.5 Å². The molecule has 4 nitrogen and oxygen atoms in total. The van der Waals surface area contributed by atoms with Crippen molar-refractivity contribution in [3.8, 4) is 5.69 Å². The molecule has 4 heteroatoms. The third-order valence-corrected chi connectivity index (χ3v) is 2.80. The Bertz CT molecular complexity index is 685. The Morgan fingerprint density at radius 3 is 2.82 bits per heavy atom. The van der Waals surface area contributed by atoms with E-state index in [1.807, 2.05) is 41.8 Å². The topological polar surface area (TPSA) is 56.7 Å². The van der Waals surface area contributed by atoms with E-state index in [0.29, 0.717) is 5.69 Å². The molecule has 17 heavy (non-hydrogen) atoms. The minimum atomic E-state index is 0.652. The van der Waals surface area contributed by atoms with Gasteiger partial charge in [0.05, 0.1) is 28.6 Å². The number of nitrogen functional groups attached to an aromatic ring is 1. The minimum absolute atomic E-state index is 0.652. The molecule has 0 bridgehead atoms. The lowest BCUT2D eigenvalue weighted by Crippen LogP contribution is -2.01. The third kappa shape index (κ3) is 1.45. The number of aromatic nitrogens is 3. The number of imidazole rings is 1. The van der Waals surface area contributed by atoms with E-state index in [1.54, 1.807) is 12.4 Å². The summed E-state index contributed by atoms with van der Waals surface area (Å²) >= 11 is 0. The van der Waals surface area contributed by atoms with E-state index < -0.39 is 0 Å². The Hall–Kier alpha value is -2.36. The molecule has 3 rings (SSSR count). The molecule has 2 N–H and O–H groups in total. The number of aryl methyl sites for hydroxylation is 1. The van der Waals surface area contributed by atoms with Crippen LogP contribution < -0.4 is 5.73 Å². The monoisotopic (exact) mass is 224 g/mol. The lowest BCUT2D eigenvalue weighted by molar-refractivity contribution is 0.999. The first-order valence-electron chi connectivity index (χ1n) is 5.41. The summed E-state index contributed by atoms with van der Waals surface area (Å²) in [5.41, 5.74) is 9.57. The summed E-state index contributed by atoms with van der Waals surface area (Å²) in [4.78, 5) is 8.52. The summed E-state index contributed by atoms with van der Waals surface area (Å²) in [7, 11) is 0. The summed E-state index contributed by atoms with van der Waals surface area (Å²) in [6.45, 7) is 1.97. The maximum absolute atomic E-state index is 5.96. The van der Waals surface area contributed by atoms with Gasteiger partial charge in [0.25, 0.3) is 0 Å². The van der Waals surface area contributed by atoms with Crippen molar-refractivity contribution in [1.82, 2.24) is 14.5 Å². The molecule has 0 spiro atoms. The van der Waals surface area contributed by atoms with Gasteiger partial charge in [-0.05, 0) is 25.1 Å². The van der Waals surface area contributed by atoms with Crippen molar-refractivity contribution in [2.75, 3.05) is 5.73 Å². The van der Waals surface area contributed by atoms with Gasteiger partial charge >= 0.3 is 0 Å². The van der Waals surface area contributed by atoms with E-state index in [4.69, 9.17) is 5.73 Å². The second kappa shape index (κ2) is 3.59. The molecule has 0 amide bonds. The first-order chi connectivity index (χ1) is 8.27. The van der Waals surface area contributed by atoms with Crippen molar-refractivity contribution in [2.45, 2.75) is 6.92 Å². The van der Waals surface area contributed by atoms with Crippen LogP contribution in [0.2, 0.25) is 0 Å². The Balaban J connectivity index is 2.38. The maximum atomic E-state index is 5.96. The number of hydrogen-bond donors (Lipinski definition) is 1. The highest BCUT2D eigenvalue weighted by Gasteiger charge is 2.10. The highest BCUT2D eigenvalue weighted by atomic mass is 15.1. The normalized spacial score (nSPS) is 10.9. The van der Waals surface area contributed by atoms with E-state index in [9.17, 15) is 0 Å². The van der Waals surface area contributed by atoms with Gasteiger partial charge in [-0.15, -0.1) is 0 Å². The molecule has 0 radical (unpaired) electrons. The zero-order chi connectivity index (χ0) is 11.8. The molecule has 2 heterocycles. The van der Waals surface area contributed by atoms with Gasteiger partial charge in [0, 0.05) is 6.20 Å². The number of pyridine rings is 1. The average molecular weight is 224 g/mol. The largest absolute Gasteiger partial charge is 0.396 e. The summed E-state index contributed by atoms with van der Waals surface area (Å²) in [6, 6.07) is 9.91. The molecule has 0 aliphatic rings. The fourth-order valence-corrected chi connectivity index (χ4v) is 2.05. The number of nitrogens with two attached hydrogens (primary N) is 1. The van der Waals surface area contributed by atoms with Crippen molar-refractivity contribution in [3.05, 3.63) is 48.5 Å². The number of hydrogen-bond acceptors (Lipinski definition) is 3. The SMILES string of the molecule is Cc1nc2ccccc2n1-c1ccncc1N. The summed E-state index contributed by atoms with van der Waals surface area (Å²) in [6.07, 6.45) is 3.39. The first kappa shape index (κ1) is 9.84. The fraction of sp³-hybridized carbons (Fsp3) is 0.0769. The predicted octanol–water partition coefficient (Wildman–Crippen LogP) is 2.31. The lowest BCUT2D eigenvalue weighted by Gasteiger charge is -2.08. The van der Waals surface area contributed by atoms with E-state index >= 15 is 0 Å². The van der Waals surface area contributed by atoms with Crippen LogP contribution in [0, 0.1) is 6.92 Å². The highest BCUT2D eigenvalue weighted by Crippen LogP contribution is 2.23. The number of para-hydroxylation sites is 2. The standard InChI is InChI=1S/C13H12N4/c1-9-16-11-4-2-3-5-13(11)17(9)12-6-7-15-8-10(12)14/h2-8H,14H2,1H3. The first-order valence-corrected chi connectivity index (χ1v) is 5.41. The Morgan fingerprint density at radius 2 is 2.00 bits per heavy atom. The molecular weight excluding hydrogens is 212 g/mol. The molecule has 0 fully saturated rings. The lowest BCUT2D eigenvalue weighted by atomic mass is 10.3. The smallest absolute Gasteiger partial charge is 0.111 e. The van der Waals surface area contributed by atoms with Crippen LogP contribution >= 0.6 is 0 Å². The fourth-order valence-electron chi connectivity index (χ4n) is 2.05. The molecule has 1 aromatic carbocycles. The van der Waals surface area contributed by atoms with Gasteiger partial charge in [-0.3, -0.25) is 9.55 Å². The molecule has 3 aromatic rings. The summed E-state index contributed by atoms with van der Waals surface area (Å²) < 4.78 is 2.05. The van der Waals surface area contributed by atoms with Crippen LogP contribution in [0.15, 0.2) is 42.7 Å². The van der Waals surface area contributed by atoms with Crippen LogP contribution in [0.3, 0.4) is 0 Å². The van der Waals surface area contributed by atoms with Crippen molar-refractivity contribution in [1.29, 1.82) is 0 Å². The quantitative estimate of drug-likeness (QED) is 0.690. The number of nitrogens with zero attached hydrogens (tertiary/aromatic N) is 3. The van der Waals surface area contributed by atoms with Gasteiger partial charge in [-0.25, -0.2) is 4.98 Å². The molecule has 0 aliphatic heterocycles. The van der Waals surface area contributed by atoms with Gasteiger partial charge in [-0.2, -0.15) is 0 Å². The van der Waals surface area contributed by atoms with Crippen LogP contribution in [0.1, 0.15) is 5.82 Å². The van der Waals surface area contributed by atoms with Gasteiger partial charge in [0.1, 0.15) is 5.82 Å². The number of fused-ring (bicyclic) bond motifs is 1. The van der Waals surface area contributed by atoms with Crippen LogP contribution in [0.4, 0.5) is 5.69 Å². The number of anilines is 1. The zero-order valence-electron chi connectivity index (χ0n) is 9.46. The van der Waals surface area contributed by atoms with Gasteiger partial charge in [0.2, 0.25) is 0 Å². The maximum Gasteiger partial charge on any atom is 0.111 e. The van der Waals surface area contributed by atoms with Crippen LogP contribution in [0.5, 0.6) is 0 Å². The molecule has 0 atom stereocenters. The average Bonchev–Trinajstić information content (AvgIpc) is 2.66. The Kier molecular flexibility index (Phi) is 2.08. The molecule has 84 valence electrons. The molecule has 0 saturated heterocycles. The third-order valence-electron chi connectivity index (χ3n) is 2.80. The van der Waals surface area contributed by atoms with Crippen molar-refractivity contribution >= 4 is 16.7 Å². The summed E-state index contributed by atoms with van der Waals surface area (Å²) in [5.74, 6) is 0.920. The van der Waals surface area contributed by atoms with Crippen LogP contribution in [-0.2, 0) is 0 Å². The molecule has 0 saturated carbocycles. The Labute approximate surface area is 98.7 Å². The van der Waals surface area contributed by atoms with E-state index in [1.165, 1.54) is 0 Å². The molecular formula is C13H12N4. The second-order valence-corrected chi connectivity index (χ2v) is 3.92. The zero-order valence-corrected chi connectivity index (χ0v) is 9.46. The van der Waals surface area contributed by atoms with E-state index in [-0.39, 0.29) is 0 Å². The molecule has 2 aromatic heterocycles. The van der Waals surface area contributed by atoms with Gasteiger partial charge in [0.15, 0.2) is 0 Å². The second-order valence-electron chi connectivity index (χ2n) is 3.92. The number of benzene rings is 1.